The number of carbonyl (C=O) groups excluding carboxylic acids is 1. The quantitative estimate of drug-likeness (QED) is 0.786. The minimum Gasteiger partial charge on any atom is -0.484 e. The van der Waals surface area contributed by atoms with E-state index in [2.05, 4.69) is 24.1 Å². The Morgan fingerprint density at radius 2 is 2.04 bits per heavy atom. The average molecular weight is 318 g/mol. The molecule has 4 nitrogen and oxygen atoms in total. The van der Waals surface area contributed by atoms with Gasteiger partial charge in [0.2, 0.25) is 0 Å². The van der Waals surface area contributed by atoms with Crippen molar-refractivity contribution in [2.75, 3.05) is 32.8 Å². The molecule has 1 N–H and O–H groups in total. The molecule has 2 atom stereocenters. The van der Waals surface area contributed by atoms with Gasteiger partial charge in [0.25, 0.3) is 5.91 Å². The zero-order chi connectivity index (χ0) is 16.7. The molecule has 4 heteroatoms. The van der Waals surface area contributed by atoms with Crippen LogP contribution in [0.25, 0.3) is 0 Å². The number of rotatable bonds is 7. The monoisotopic (exact) mass is 318 g/mol. The van der Waals surface area contributed by atoms with Crippen LogP contribution in [0, 0.1) is 18.8 Å². The number of aryl methyl sites for hydroxylation is 1. The first-order chi connectivity index (χ1) is 11.0. The lowest BCUT2D eigenvalue weighted by Crippen LogP contribution is -2.40. The van der Waals surface area contributed by atoms with Crippen LogP contribution in [0.3, 0.4) is 0 Å². The van der Waals surface area contributed by atoms with Gasteiger partial charge >= 0.3 is 0 Å². The van der Waals surface area contributed by atoms with Gasteiger partial charge in [0.05, 0.1) is 0 Å². The molecule has 1 aromatic rings. The van der Waals surface area contributed by atoms with Crippen molar-refractivity contribution in [2.24, 2.45) is 11.8 Å². The molecule has 23 heavy (non-hydrogen) atoms. The van der Waals surface area contributed by atoms with Gasteiger partial charge in [-0.2, -0.15) is 0 Å². The molecule has 0 radical (unpaired) electrons. The van der Waals surface area contributed by atoms with Crippen LogP contribution in [0.15, 0.2) is 24.3 Å². The summed E-state index contributed by atoms with van der Waals surface area (Å²) in [6.45, 7) is 10.9. The zero-order valence-corrected chi connectivity index (χ0v) is 14.7. The van der Waals surface area contributed by atoms with Gasteiger partial charge in [-0.1, -0.05) is 26.0 Å². The van der Waals surface area contributed by atoms with Gasteiger partial charge in [-0.25, -0.2) is 0 Å². The van der Waals surface area contributed by atoms with Crippen molar-refractivity contribution in [2.45, 2.75) is 33.6 Å². The predicted molar refractivity (Wildman–Crippen MR) is 93.7 cm³/mol. The van der Waals surface area contributed by atoms with Gasteiger partial charge in [-0.15, -0.1) is 0 Å². The number of piperidine rings is 1. The number of ether oxygens (including phenoxy) is 1. The molecular weight excluding hydrogens is 288 g/mol. The summed E-state index contributed by atoms with van der Waals surface area (Å²) in [4.78, 5) is 14.3. The number of carbonyl (C=O) groups is 1. The van der Waals surface area contributed by atoms with E-state index >= 15 is 0 Å². The molecule has 0 aliphatic carbocycles. The van der Waals surface area contributed by atoms with Gasteiger partial charge in [0.15, 0.2) is 6.61 Å². The van der Waals surface area contributed by atoms with E-state index in [1.54, 1.807) is 0 Å². The Kier molecular flexibility index (Phi) is 6.90. The van der Waals surface area contributed by atoms with Crippen LogP contribution in [-0.2, 0) is 4.79 Å². The molecule has 0 aromatic heterocycles. The number of amides is 1. The van der Waals surface area contributed by atoms with Crippen LogP contribution in [0.1, 0.15) is 32.3 Å². The Labute approximate surface area is 140 Å². The average Bonchev–Trinajstić information content (AvgIpc) is 2.49. The first-order valence-electron chi connectivity index (χ1n) is 8.71. The van der Waals surface area contributed by atoms with E-state index in [0.29, 0.717) is 0 Å². The summed E-state index contributed by atoms with van der Waals surface area (Å²) in [5.74, 6) is 2.27. The maximum atomic E-state index is 11.8. The summed E-state index contributed by atoms with van der Waals surface area (Å²) in [5.41, 5.74) is 1.13. The van der Waals surface area contributed by atoms with Crippen LogP contribution in [0.2, 0.25) is 0 Å². The third-order valence-electron chi connectivity index (χ3n) is 4.28. The van der Waals surface area contributed by atoms with E-state index in [0.717, 1.165) is 42.7 Å². The molecular formula is C19H30N2O2. The van der Waals surface area contributed by atoms with Gasteiger partial charge in [-0.3, -0.25) is 4.79 Å². The van der Waals surface area contributed by atoms with Crippen LogP contribution >= 0.6 is 0 Å². The molecule has 2 unspecified atom stereocenters. The Balaban J connectivity index is 1.58. The molecule has 1 heterocycles. The molecule has 1 aliphatic rings. The topological polar surface area (TPSA) is 41.6 Å². The Hall–Kier alpha value is -1.55. The molecule has 128 valence electrons. The van der Waals surface area contributed by atoms with Crippen LogP contribution in [-0.4, -0.2) is 43.6 Å². The van der Waals surface area contributed by atoms with Crippen molar-refractivity contribution in [1.82, 2.24) is 10.2 Å². The van der Waals surface area contributed by atoms with E-state index in [9.17, 15) is 4.79 Å². The highest BCUT2D eigenvalue weighted by Crippen LogP contribution is 2.20. The van der Waals surface area contributed by atoms with E-state index in [-0.39, 0.29) is 12.5 Å². The normalized spacial score (nSPS) is 21.9. The van der Waals surface area contributed by atoms with Crippen molar-refractivity contribution in [3.05, 3.63) is 29.8 Å². The third kappa shape index (κ3) is 6.61. The summed E-state index contributed by atoms with van der Waals surface area (Å²) >= 11 is 0. The van der Waals surface area contributed by atoms with Crippen molar-refractivity contribution < 1.29 is 9.53 Å². The summed E-state index contributed by atoms with van der Waals surface area (Å²) in [6.07, 6.45) is 2.33. The SMILES string of the molecule is Cc1cccc(OCC(=O)NCCCN2CC(C)CC(C)C2)c1. The van der Waals surface area contributed by atoms with Crippen LogP contribution in [0.4, 0.5) is 0 Å². The van der Waals surface area contributed by atoms with Gasteiger partial charge in [0, 0.05) is 19.6 Å². The number of hydrogen-bond acceptors (Lipinski definition) is 3. The van der Waals surface area contributed by atoms with E-state index in [1.165, 1.54) is 19.5 Å². The lowest BCUT2D eigenvalue weighted by atomic mass is 9.92. The Morgan fingerprint density at radius 3 is 2.74 bits per heavy atom. The van der Waals surface area contributed by atoms with Crippen molar-refractivity contribution in [3.8, 4) is 5.75 Å². The third-order valence-corrected chi connectivity index (χ3v) is 4.28. The maximum absolute atomic E-state index is 11.8. The number of hydrogen-bond donors (Lipinski definition) is 1. The minimum atomic E-state index is -0.0492. The second-order valence-corrected chi connectivity index (χ2v) is 7.01. The Morgan fingerprint density at radius 1 is 1.30 bits per heavy atom. The molecule has 0 saturated carbocycles. The van der Waals surface area contributed by atoms with E-state index in [1.807, 2.05) is 31.2 Å². The zero-order valence-electron chi connectivity index (χ0n) is 14.7. The van der Waals surface area contributed by atoms with Gasteiger partial charge < -0.3 is 15.0 Å². The highest BCUT2D eigenvalue weighted by Gasteiger charge is 2.20. The number of likely N-dealkylation sites (tertiary alicyclic amines) is 1. The van der Waals surface area contributed by atoms with Gasteiger partial charge in [-0.05, 0) is 55.8 Å². The standard InChI is InChI=1S/C19H30N2O2/c1-15-6-4-7-18(11-15)23-14-19(22)20-8-5-9-21-12-16(2)10-17(3)13-21/h4,6-7,11,16-17H,5,8-10,12-14H2,1-3H3,(H,20,22). The summed E-state index contributed by atoms with van der Waals surface area (Å²) < 4.78 is 5.50. The van der Waals surface area contributed by atoms with Crippen molar-refractivity contribution in [3.63, 3.8) is 0 Å². The maximum Gasteiger partial charge on any atom is 0.257 e. The predicted octanol–water partition coefficient (Wildman–Crippen LogP) is 2.86. The minimum absolute atomic E-state index is 0.0492. The van der Waals surface area contributed by atoms with Crippen molar-refractivity contribution in [1.29, 1.82) is 0 Å². The van der Waals surface area contributed by atoms with E-state index < -0.39 is 0 Å². The fourth-order valence-corrected chi connectivity index (χ4v) is 3.41. The lowest BCUT2D eigenvalue weighted by Gasteiger charge is -2.34. The molecule has 1 aromatic carbocycles. The number of nitrogens with zero attached hydrogens (tertiary/aromatic N) is 1. The molecule has 1 aliphatic heterocycles. The Bertz CT molecular complexity index is 494. The summed E-state index contributed by atoms with van der Waals surface area (Å²) in [5, 5.41) is 2.94. The first kappa shape index (κ1) is 17.8. The molecule has 1 fully saturated rings. The number of benzene rings is 1. The smallest absolute Gasteiger partial charge is 0.257 e. The molecule has 0 bridgehead atoms. The second-order valence-electron chi connectivity index (χ2n) is 7.01. The fraction of sp³-hybridized carbons (Fsp3) is 0.632. The summed E-state index contributed by atoms with van der Waals surface area (Å²) in [7, 11) is 0. The lowest BCUT2D eigenvalue weighted by molar-refractivity contribution is -0.123. The van der Waals surface area contributed by atoms with Crippen LogP contribution in [0.5, 0.6) is 5.75 Å². The van der Waals surface area contributed by atoms with E-state index in [4.69, 9.17) is 4.74 Å². The molecule has 1 saturated heterocycles. The van der Waals surface area contributed by atoms with Crippen LogP contribution < -0.4 is 10.1 Å². The highest BCUT2D eigenvalue weighted by atomic mass is 16.5. The van der Waals surface area contributed by atoms with Crippen molar-refractivity contribution >= 4 is 5.91 Å². The second kappa shape index (κ2) is 8.92. The largest absolute Gasteiger partial charge is 0.484 e. The fourth-order valence-electron chi connectivity index (χ4n) is 3.41. The first-order valence-corrected chi connectivity index (χ1v) is 8.71. The molecule has 2 rings (SSSR count). The number of nitrogens with one attached hydrogen (secondary N) is 1. The van der Waals surface area contributed by atoms with Gasteiger partial charge in [0.1, 0.15) is 5.75 Å². The summed E-state index contributed by atoms with van der Waals surface area (Å²) in [6, 6.07) is 7.75. The molecule has 1 amide bonds. The molecule has 0 spiro atoms. The highest BCUT2D eigenvalue weighted by molar-refractivity contribution is 5.77.